The molecular weight excluding hydrogens is 250 g/mol. The van der Waals surface area contributed by atoms with Crippen LogP contribution >= 0.6 is 0 Å². The van der Waals surface area contributed by atoms with Crippen LogP contribution in [0.15, 0.2) is 23.9 Å². The summed E-state index contributed by atoms with van der Waals surface area (Å²) in [6.07, 6.45) is 8.86. The number of likely N-dealkylation sites (N-methyl/N-ethyl adjacent to an activating group) is 1. The SMILES string of the molecule is CNC1C=CC(Nc2nc(C)nc(C3CC3)n2)=CC1C. The molecule has 2 N–H and O–H groups in total. The molecule has 2 aliphatic rings. The van der Waals surface area contributed by atoms with Crippen molar-refractivity contribution in [3.05, 3.63) is 35.6 Å². The number of nitrogens with zero attached hydrogens (tertiary/aromatic N) is 3. The Morgan fingerprint density at radius 2 is 2.00 bits per heavy atom. The lowest BCUT2D eigenvalue weighted by Gasteiger charge is -2.22. The molecule has 2 unspecified atom stereocenters. The molecule has 0 radical (unpaired) electrons. The summed E-state index contributed by atoms with van der Waals surface area (Å²) in [4.78, 5) is 13.3. The standard InChI is InChI=1S/C15H21N5/c1-9-8-12(6-7-13(9)16-3)19-15-18-10(2)17-14(20-15)11-4-5-11/h6-9,11,13,16H,4-5H2,1-3H3,(H,17,18,19,20). The Labute approximate surface area is 119 Å². The van der Waals surface area contributed by atoms with Crippen molar-refractivity contribution in [2.24, 2.45) is 5.92 Å². The molecule has 0 saturated heterocycles. The van der Waals surface area contributed by atoms with E-state index >= 15 is 0 Å². The number of hydrogen-bond acceptors (Lipinski definition) is 5. The molecule has 106 valence electrons. The van der Waals surface area contributed by atoms with E-state index in [1.54, 1.807) is 0 Å². The lowest BCUT2D eigenvalue weighted by Crippen LogP contribution is -2.31. The summed E-state index contributed by atoms with van der Waals surface area (Å²) < 4.78 is 0. The molecular formula is C15H21N5. The van der Waals surface area contributed by atoms with Crippen LogP contribution in [0.4, 0.5) is 5.95 Å². The van der Waals surface area contributed by atoms with Crippen LogP contribution < -0.4 is 10.6 Å². The zero-order valence-corrected chi connectivity index (χ0v) is 12.2. The van der Waals surface area contributed by atoms with Gasteiger partial charge in [-0.3, -0.25) is 0 Å². The molecule has 5 nitrogen and oxygen atoms in total. The van der Waals surface area contributed by atoms with Gasteiger partial charge >= 0.3 is 0 Å². The van der Waals surface area contributed by atoms with E-state index in [9.17, 15) is 0 Å². The summed E-state index contributed by atoms with van der Waals surface area (Å²) in [5.41, 5.74) is 1.05. The molecule has 0 bridgehead atoms. The molecule has 1 saturated carbocycles. The van der Waals surface area contributed by atoms with Crippen molar-refractivity contribution in [1.29, 1.82) is 0 Å². The molecule has 3 rings (SSSR count). The fourth-order valence-corrected chi connectivity index (χ4v) is 2.48. The number of hydrogen-bond donors (Lipinski definition) is 2. The van der Waals surface area contributed by atoms with Crippen molar-refractivity contribution in [3.63, 3.8) is 0 Å². The largest absolute Gasteiger partial charge is 0.324 e. The summed E-state index contributed by atoms with van der Waals surface area (Å²) in [5, 5.41) is 6.58. The number of anilines is 1. The third-order valence-electron chi connectivity index (χ3n) is 3.79. The maximum absolute atomic E-state index is 4.53. The first kappa shape index (κ1) is 13.2. The van der Waals surface area contributed by atoms with Crippen molar-refractivity contribution >= 4 is 5.95 Å². The fourth-order valence-electron chi connectivity index (χ4n) is 2.48. The molecule has 1 heterocycles. The van der Waals surface area contributed by atoms with Crippen molar-refractivity contribution < 1.29 is 0 Å². The normalized spacial score (nSPS) is 25.4. The third kappa shape index (κ3) is 2.88. The Hall–Kier alpha value is -1.75. The van der Waals surface area contributed by atoms with Gasteiger partial charge in [0.2, 0.25) is 5.95 Å². The highest BCUT2D eigenvalue weighted by atomic mass is 15.2. The molecule has 0 amide bonds. The summed E-state index contributed by atoms with van der Waals surface area (Å²) in [7, 11) is 1.98. The van der Waals surface area contributed by atoms with E-state index in [4.69, 9.17) is 0 Å². The molecule has 2 atom stereocenters. The van der Waals surface area contributed by atoms with Crippen LogP contribution in [0, 0.1) is 12.8 Å². The van der Waals surface area contributed by atoms with Crippen molar-refractivity contribution in [1.82, 2.24) is 20.3 Å². The van der Waals surface area contributed by atoms with Gasteiger partial charge in [0.1, 0.15) is 11.6 Å². The lowest BCUT2D eigenvalue weighted by atomic mass is 9.96. The van der Waals surface area contributed by atoms with Crippen LogP contribution in [0.5, 0.6) is 0 Å². The van der Waals surface area contributed by atoms with E-state index in [-0.39, 0.29) is 0 Å². The molecule has 5 heteroatoms. The van der Waals surface area contributed by atoms with Crippen LogP contribution in [-0.2, 0) is 0 Å². The van der Waals surface area contributed by atoms with E-state index in [1.807, 2.05) is 14.0 Å². The minimum atomic E-state index is 0.391. The van der Waals surface area contributed by atoms with Gasteiger partial charge in [-0.15, -0.1) is 0 Å². The minimum absolute atomic E-state index is 0.391. The Morgan fingerprint density at radius 3 is 2.65 bits per heavy atom. The minimum Gasteiger partial charge on any atom is -0.324 e. The van der Waals surface area contributed by atoms with Crippen molar-refractivity contribution in [2.75, 3.05) is 12.4 Å². The Morgan fingerprint density at radius 1 is 1.20 bits per heavy atom. The van der Waals surface area contributed by atoms with E-state index in [1.165, 1.54) is 12.8 Å². The summed E-state index contributed by atoms with van der Waals surface area (Å²) >= 11 is 0. The zero-order valence-electron chi connectivity index (χ0n) is 12.2. The Balaban J connectivity index is 1.76. The number of allylic oxidation sites excluding steroid dienone is 1. The maximum atomic E-state index is 4.53. The van der Waals surface area contributed by atoms with Crippen LogP contribution in [0.3, 0.4) is 0 Å². The van der Waals surface area contributed by atoms with Gasteiger partial charge in [0.05, 0.1) is 0 Å². The molecule has 20 heavy (non-hydrogen) atoms. The Kier molecular flexibility index (Phi) is 3.53. The summed E-state index contributed by atoms with van der Waals surface area (Å²) in [6.45, 7) is 4.12. The van der Waals surface area contributed by atoms with Gasteiger partial charge in [0.25, 0.3) is 0 Å². The van der Waals surface area contributed by atoms with Gasteiger partial charge in [-0.05, 0) is 38.8 Å². The van der Waals surface area contributed by atoms with E-state index in [0.717, 1.165) is 17.3 Å². The van der Waals surface area contributed by atoms with Gasteiger partial charge in [-0.2, -0.15) is 9.97 Å². The molecule has 1 aromatic rings. The highest BCUT2D eigenvalue weighted by molar-refractivity contribution is 5.42. The van der Waals surface area contributed by atoms with Crippen molar-refractivity contribution in [3.8, 4) is 0 Å². The Bertz CT molecular complexity index is 559. The van der Waals surface area contributed by atoms with Crippen LogP contribution in [0.1, 0.15) is 37.3 Å². The molecule has 0 aliphatic heterocycles. The van der Waals surface area contributed by atoms with Crippen LogP contribution in [-0.4, -0.2) is 28.0 Å². The topological polar surface area (TPSA) is 62.7 Å². The van der Waals surface area contributed by atoms with E-state index < -0.39 is 0 Å². The monoisotopic (exact) mass is 271 g/mol. The van der Waals surface area contributed by atoms with Gasteiger partial charge in [0.15, 0.2) is 0 Å². The number of aryl methyl sites for hydroxylation is 1. The van der Waals surface area contributed by atoms with E-state index in [0.29, 0.717) is 23.8 Å². The second-order valence-corrected chi connectivity index (χ2v) is 5.62. The molecule has 1 aromatic heterocycles. The van der Waals surface area contributed by atoms with Gasteiger partial charge < -0.3 is 10.6 Å². The third-order valence-corrected chi connectivity index (χ3v) is 3.79. The molecule has 0 spiro atoms. The van der Waals surface area contributed by atoms with E-state index in [2.05, 4.69) is 50.7 Å². The molecule has 0 aromatic carbocycles. The zero-order chi connectivity index (χ0) is 14.1. The molecule has 2 aliphatic carbocycles. The average molecular weight is 271 g/mol. The van der Waals surface area contributed by atoms with Crippen LogP contribution in [0.2, 0.25) is 0 Å². The number of nitrogens with one attached hydrogen (secondary N) is 2. The summed E-state index contributed by atoms with van der Waals surface area (Å²) in [5.74, 6) is 3.36. The molecule has 1 fully saturated rings. The number of aromatic nitrogens is 3. The number of rotatable bonds is 4. The second-order valence-electron chi connectivity index (χ2n) is 5.62. The second kappa shape index (κ2) is 5.32. The predicted molar refractivity (Wildman–Crippen MR) is 79.4 cm³/mol. The highest BCUT2D eigenvalue weighted by Gasteiger charge is 2.27. The first-order valence-corrected chi connectivity index (χ1v) is 7.22. The smallest absolute Gasteiger partial charge is 0.230 e. The van der Waals surface area contributed by atoms with Crippen LogP contribution in [0.25, 0.3) is 0 Å². The lowest BCUT2D eigenvalue weighted by molar-refractivity contribution is 0.536. The average Bonchev–Trinajstić information content (AvgIpc) is 3.22. The quantitative estimate of drug-likeness (QED) is 0.878. The fraction of sp³-hybridized carbons (Fsp3) is 0.533. The van der Waals surface area contributed by atoms with Gasteiger partial charge in [-0.1, -0.05) is 19.1 Å². The van der Waals surface area contributed by atoms with Gasteiger partial charge in [0, 0.05) is 17.7 Å². The van der Waals surface area contributed by atoms with Crippen molar-refractivity contribution in [2.45, 2.75) is 38.6 Å². The first-order chi connectivity index (χ1) is 9.65. The maximum Gasteiger partial charge on any atom is 0.230 e. The highest BCUT2D eigenvalue weighted by Crippen LogP contribution is 2.38. The first-order valence-electron chi connectivity index (χ1n) is 7.22. The van der Waals surface area contributed by atoms with Gasteiger partial charge in [-0.25, -0.2) is 4.98 Å². The predicted octanol–water partition coefficient (Wildman–Crippen LogP) is 2.15. The summed E-state index contributed by atoms with van der Waals surface area (Å²) in [6, 6.07) is 0.391.